The Bertz CT molecular complexity index is 496. The Labute approximate surface area is 141 Å². The minimum absolute atomic E-state index is 0.128. The predicted molar refractivity (Wildman–Crippen MR) is 91.8 cm³/mol. The van der Waals surface area contributed by atoms with Crippen molar-refractivity contribution in [1.29, 1.82) is 0 Å². The molecule has 0 aromatic carbocycles. The molecule has 0 heterocycles. The van der Waals surface area contributed by atoms with Gasteiger partial charge >= 0.3 is 5.97 Å². The minimum atomic E-state index is -0.128. The van der Waals surface area contributed by atoms with Crippen molar-refractivity contribution >= 4 is 5.97 Å². The summed E-state index contributed by atoms with van der Waals surface area (Å²) in [5.74, 6) is 5.24. The minimum Gasteiger partial charge on any atom is -0.462 e. The van der Waals surface area contributed by atoms with E-state index in [0.29, 0.717) is 12.0 Å². The van der Waals surface area contributed by atoms with E-state index in [0.717, 1.165) is 35.5 Å². The van der Waals surface area contributed by atoms with E-state index in [2.05, 4.69) is 6.92 Å². The van der Waals surface area contributed by atoms with Crippen molar-refractivity contribution in [2.75, 3.05) is 6.61 Å². The van der Waals surface area contributed by atoms with Crippen molar-refractivity contribution in [3.8, 4) is 0 Å². The number of carbonyl (C=O) groups excluding carboxylic acids is 1. The van der Waals surface area contributed by atoms with Gasteiger partial charge in [0.1, 0.15) is 0 Å². The van der Waals surface area contributed by atoms with E-state index in [1.54, 1.807) is 12.2 Å². The first kappa shape index (κ1) is 15.7. The zero-order valence-corrected chi connectivity index (χ0v) is 14.8. The van der Waals surface area contributed by atoms with Crippen LogP contribution in [0.25, 0.3) is 0 Å². The largest absolute Gasteiger partial charge is 0.462 e. The third-order valence-electron chi connectivity index (χ3n) is 7.99. The summed E-state index contributed by atoms with van der Waals surface area (Å²) >= 11 is 0. The van der Waals surface area contributed by atoms with Crippen molar-refractivity contribution in [1.82, 2.24) is 0 Å². The van der Waals surface area contributed by atoms with Gasteiger partial charge in [0.05, 0.1) is 6.61 Å². The van der Waals surface area contributed by atoms with Gasteiger partial charge in [-0.05, 0) is 74.5 Å². The molecule has 0 radical (unpaired) electrons. The standard InChI is InChI=1S/C21H32O2/c1-3-5-7-14-10-16-12-18(14)21(13-23-19(22)6-4-2)17-9-8-15(11-17)20(16)21/h4,6,14-18,20H,3,5,7-13H2,1-2H3. The fourth-order valence-corrected chi connectivity index (χ4v) is 7.52. The summed E-state index contributed by atoms with van der Waals surface area (Å²) < 4.78 is 5.80. The highest BCUT2D eigenvalue weighted by atomic mass is 16.5. The van der Waals surface area contributed by atoms with Crippen LogP contribution in [0.5, 0.6) is 0 Å². The molecule has 2 heteroatoms. The number of fused-ring (bicyclic) bond motifs is 9. The number of hydrogen-bond donors (Lipinski definition) is 0. The second kappa shape index (κ2) is 5.93. The van der Waals surface area contributed by atoms with Gasteiger partial charge in [-0.3, -0.25) is 0 Å². The van der Waals surface area contributed by atoms with Crippen LogP contribution in [0.2, 0.25) is 0 Å². The Hall–Kier alpha value is -0.790. The molecule has 4 saturated carbocycles. The lowest BCUT2D eigenvalue weighted by molar-refractivity contribution is -0.149. The Morgan fingerprint density at radius 1 is 1.22 bits per heavy atom. The molecule has 0 aromatic rings. The van der Waals surface area contributed by atoms with E-state index in [-0.39, 0.29) is 5.97 Å². The van der Waals surface area contributed by atoms with Gasteiger partial charge in [-0.2, -0.15) is 0 Å². The van der Waals surface area contributed by atoms with Gasteiger partial charge in [-0.15, -0.1) is 0 Å². The molecule has 0 aromatic heterocycles. The molecule has 0 N–H and O–H groups in total. The Kier molecular flexibility index (Phi) is 4.06. The lowest BCUT2D eigenvalue weighted by atomic mass is 9.56. The fraction of sp³-hybridized carbons (Fsp3) is 0.857. The van der Waals surface area contributed by atoms with E-state index < -0.39 is 0 Å². The monoisotopic (exact) mass is 316 g/mol. The van der Waals surface area contributed by atoms with Crippen molar-refractivity contribution in [2.45, 2.75) is 65.2 Å². The lowest BCUT2D eigenvalue weighted by Crippen LogP contribution is -2.48. The molecule has 23 heavy (non-hydrogen) atoms. The average molecular weight is 316 g/mol. The van der Waals surface area contributed by atoms with Crippen LogP contribution in [0, 0.1) is 40.9 Å². The first-order chi connectivity index (χ1) is 11.2. The third kappa shape index (κ3) is 2.23. The molecule has 4 rings (SSSR count). The van der Waals surface area contributed by atoms with Gasteiger partial charge < -0.3 is 4.74 Å². The summed E-state index contributed by atoms with van der Waals surface area (Å²) in [7, 11) is 0. The number of esters is 1. The van der Waals surface area contributed by atoms with Crippen LogP contribution < -0.4 is 0 Å². The molecule has 0 saturated heterocycles. The van der Waals surface area contributed by atoms with Crippen molar-refractivity contribution in [3.05, 3.63) is 12.2 Å². The van der Waals surface area contributed by atoms with Crippen LogP contribution in [0.1, 0.15) is 65.2 Å². The van der Waals surface area contributed by atoms with E-state index in [1.165, 1.54) is 51.4 Å². The smallest absolute Gasteiger partial charge is 0.330 e. The number of allylic oxidation sites excluding steroid dienone is 1. The number of unbranched alkanes of at least 4 members (excludes halogenated alkanes) is 1. The van der Waals surface area contributed by atoms with E-state index in [4.69, 9.17) is 4.74 Å². The number of rotatable bonds is 6. The van der Waals surface area contributed by atoms with E-state index in [1.807, 2.05) is 6.92 Å². The second-order valence-electron chi connectivity index (χ2n) is 8.76. The van der Waals surface area contributed by atoms with Gasteiger partial charge in [0.2, 0.25) is 0 Å². The van der Waals surface area contributed by atoms with Crippen LogP contribution in [0.15, 0.2) is 12.2 Å². The highest BCUT2D eigenvalue weighted by molar-refractivity contribution is 5.81. The van der Waals surface area contributed by atoms with Gasteiger partial charge in [0.15, 0.2) is 0 Å². The van der Waals surface area contributed by atoms with Gasteiger partial charge in [0, 0.05) is 11.5 Å². The molecule has 0 spiro atoms. The summed E-state index contributed by atoms with van der Waals surface area (Å²) in [6, 6.07) is 0. The maximum absolute atomic E-state index is 11.9. The fourth-order valence-electron chi connectivity index (χ4n) is 7.52. The SMILES string of the molecule is CC=CC(=O)OCC12C3CCC(C3)C1C1CC(CCCC)C2C1. The third-order valence-corrected chi connectivity index (χ3v) is 7.99. The van der Waals surface area contributed by atoms with Crippen LogP contribution in [0.4, 0.5) is 0 Å². The van der Waals surface area contributed by atoms with E-state index >= 15 is 0 Å². The summed E-state index contributed by atoms with van der Waals surface area (Å²) in [4.78, 5) is 11.9. The first-order valence-corrected chi connectivity index (χ1v) is 10.00. The average Bonchev–Trinajstić information content (AvgIpc) is 3.28. The molecule has 128 valence electrons. The van der Waals surface area contributed by atoms with Crippen molar-refractivity contribution < 1.29 is 9.53 Å². The summed E-state index contributed by atoms with van der Waals surface area (Å²) in [6.45, 7) is 4.91. The lowest BCUT2D eigenvalue weighted by Gasteiger charge is -2.49. The first-order valence-electron chi connectivity index (χ1n) is 10.00. The number of ether oxygens (including phenoxy) is 1. The predicted octanol–water partition coefficient (Wildman–Crippen LogP) is 4.98. The van der Waals surface area contributed by atoms with Gasteiger partial charge in [-0.1, -0.05) is 32.3 Å². The van der Waals surface area contributed by atoms with E-state index in [9.17, 15) is 4.79 Å². The zero-order chi connectivity index (χ0) is 16.0. The van der Waals surface area contributed by atoms with Crippen LogP contribution in [-0.4, -0.2) is 12.6 Å². The molecular weight excluding hydrogens is 284 g/mol. The van der Waals surface area contributed by atoms with Crippen molar-refractivity contribution in [2.24, 2.45) is 40.9 Å². The van der Waals surface area contributed by atoms with Crippen LogP contribution in [0.3, 0.4) is 0 Å². The Morgan fingerprint density at radius 2 is 2.09 bits per heavy atom. The maximum atomic E-state index is 11.9. The van der Waals surface area contributed by atoms with Gasteiger partial charge in [-0.25, -0.2) is 4.79 Å². The molecule has 7 unspecified atom stereocenters. The molecule has 4 bridgehead atoms. The molecule has 4 aliphatic carbocycles. The highest BCUT2D eigenvalue weighted by Gasteiger charge is 2.71. The molecule has 0 amide bonds. The van der Waals surface area contributed by atoms with Crippen LogP contribution in [-0.2, 0) is 9.53 Å². The molecular formula is C21H32O2. The molecule has 4 fully saturated rings. The Balaban J connectivity index is 1.56. The summed E-state index contributed by atoms with van der Waals surface area (Å²) in [5.41, 5.74) is 0.363. The summed E-state index contributed by atoms with van der Waals surface area (Å²) in [5, 5.41) is 0. The topological polar surface area (TPSA) is 26.3 Å². The molecule has 0 aliphatic heterocycles. The molecule has 2 nitrogen and oxygen atoms in total. The number of hydrogen-bond acceptors (Lipinski definition) is 2. The normalized spacial score (nSPS) is 46.7. The van der Waals surface area contributed by atoms with Crippen molar-refractivity contribution in [3.63, 3.8) is 0 Å². The second-order valence-corrected chi connectivity index (χ2v) is 8.76. The van der Waals surface area contributed by atoms with Crippen LogP contribution >= 0.6 is 0 Å². The molecule has 4 aliphatic rings. The highest BCUT2D eigenvalue weighted by Crippen LogP contribution is 2.75. The van der Waals surface area contributed by atoms with Gasteiger partial charge in [0.25, 0.3) is 0 Å². The molecule has 7 atom stereocenters. The quantitative estimate of drug-likeness (QED) is 0.392. The Morgan fingerprint density at radius 3 is 2.87 bits per heavy atom. The summed E-state index contributed by atoms with van der Waals surface area (Å²) in [6.07, 6.45) is 14.7. The zero-order valence-electron chi connectivity index (χ0n) is 14.8. The maximum Gasteiger partial charge on any atom is 0.330 e. The number of carbonyl (C=O) groups is 1.